The summed E-state index contributed by atoms with van der Waals surface area (Å²) in [5.41, 5.74) is 3.59. The molecule has 1 aliphatic carbocycles. The Morgan fingerprint density at radius 2 is 1.03 bits per heavy atom. The van der Waals surface area contributed by atoms with Crippen molar-refractivity contribution in [3.8, 4) is 0 Å². The molecule has 220 valence electrons. The van der Waals surface area contributed by atoms with Crippen molar-refractivity contribution < 1.29 is 37.7 Å². The van der Waals surface area contributed by atoms with E-state index in [0.29, 0.717) is 15.6 Å². The van der Waals surface area contributed by atoms with Gasteiger partial charge in [0.25, 0.3) is 0 Å². The summed E-state index contributed by atoms with van der Waals surface area (Å²) in [4.78, 5) is 0. The summed E-state index contributed by atoms with van der Waals surface area (Å²) in [6.45, 7) is 42.5. The van der Waals surface area contributed by atoms with Gasteiger partial charge in [-0.05, 0) is 10.1 Å². The molecule has 1 aliphatic rings. The molecule has 0 aromatic heterocycles. The van der Waals surface area contributed by atoms with Gasteiger partial charge in [-0.3, -0.25) is 6.08 Å². The molecule has 38 heavy (non-hydrogen) atoms. The van der Waals surface area contributed by atoms with E-state index in [1.807, 2.05) is 0 Å². The van der Waals surface area contributed by atoms with Crippen LogP contribution < -0.4 is 0 Å². The number of hydrogen-bond acceptors (Lipinski definition) is 0. The van der Waals surface area contributed by atoms with E-state index in [4.69, 9.17) is 0 Å². The van der Waals surface area contributed by atoms with Crippen LogP contribution in [0.4, 0.5) is 0 Å². The summed E-state index contributed by atoms with van der Waals surface area (Å²) in [5, 5.41) is 2.31. The fraction of sp³-hybridized carbons (Fsp3) is 0.724. The van der Waals surface area contributed by atoms with E-state index < -0.39 is 16.1 Å². The number of hydrogen-bond donors (Lipinski definition) is 0. The van der Waals surface area contributed by atoms with Gasteiger partial charge in [0, 0.05) is 16.1 Å². The minimum absolute atomic E-state index is 0. The molecule has 9 heteroatoms. The van der Waals surface area contributed by atoms with Gasteiger partial charge in [-0.25, -0.2) is 5.20 Å². The minimum Gasteiger partial charge on any atom is -0.673 e. The minimum atomic E-state index is -1.58. The molecule has 0 amide bonds. The number of allylic oxidation sites excluding steroid dienone is 1. The van der Waals surface area contributed by atoms with Gasteiger partial charge in [0.05, 0.1) is 0 Å². The Balaban J connectivity index is 0. The van der Waals surface area contributed by atoms with Crippen molar-refractivity contribution in [1.29, 1.82) is 0 Å². The van der Waals surface area contributed by atoms with Crippen LogP contribution >= 0.6 is 0 Å². The Kier molecular flexibility index (Phi) is 18.5. The molecule has 1 aromatic carbocycles. The molecule has 2 rings (SSSR count). The second kappa shape index (κ2) is 16.9. The van der Waals surface area contributed by atoms with Crippen molar-refractivity contribution in [2.24, 2.45) is 0 Å². The van der Waals surface area contributed by atoms with Crippen LogP contribution in [-0.2, 0) is 0 Å². The van der Waals surface area contributed by atoms with Crippen LogP contribution in [0.25, 0.3) is 14.5 Å². The Morgan fingerprint density at radius 3 is 1.32 bits per heavy atom. The second-order valence-electron chi connectivity index (χ2n) is 14.4. The molecule has 0 fully saturated rings. The Hall–Kier alpha value is 1.44. The van der Waals surface area contributed by atoms with Gasteiger partial charge in [0.15, 0.2) is 0 Å². The Morgan fingerprint density at radius 1 is 0.658 bits per heavy atom. The molecule has 0 aliphatic heterocycles. The normalized spacial score (nSPS) is 15.9. The van der Waals surface area contributed by atoms with Crippen LogP contribution in [-0.4, -0.2) is 52.0 Å². The summed E-state index contributed by atoms with van der Waals surface area (Å²) in [5.74, 6) is 0. The van der Waals surface area contributed by atoms with Crippen molar-refractivity contribution in [2.45, 2.75) is 136 Å². The first-order chi connectivity index (χ1) is 16.5. The number of rotatable bonds is 6. The van der Waals surface area contributed by atoms with Crippen LogP contribution in [0, 0.1) is 43.8 Å². The molecule has 4 radical (unpaired) electrons. The second-order valence-corrected chi connectivity index (χ2v) is 34.5. The molecule has 0 N–H and O–H groups in total. The van der Waals surface area contributed by atoms with Gasteiger partial charge in [-0.1, -0.05) is 180 Å². The predicted molar refractivity (Wildman–Crippen MR) is 187 cm³/mol. The van der Waals surface area contributed by atoms with Gasteiger partial charge >= 0.3 is 37.7 Å². The average molecular weight is 769 g/mol. The van der Waals surface area contributed by atoms with Crippen molar-refractivity contribution in [3.63, 3.8) is 0 Å². The van der Waals surface area contributed by atoms with E-state index in [1.54, 1.807) is 10.8 Å². The van der Waals surface area contributed by atoms with Gasteiger partial charge in [0.1, 0.15) is 0 Å². The standard InChI is InChI=1S/C21H35Si2.2C4H12NSi2.Ho/c1-20(2,3)22(7,8)18-15-19(23(9,10)21(4,5)6)17-14-12-11-13-16(17)18;2*1-6(2)5-7(3)4;/h11-14,18H,1-10H3;2*1-4H3;/q3*-1;+3. The van der Waals surface area contributed by atoms with Crippen molar-refractivity contribution in [1.82, 2.24) is 0 Å². The SMILES string of the molecule is CC(C)(C)[Si](C)(C)C1=[C-]C([Si](C)(C)C(C)(C)C)c2ccccc21.C[Si](C)[N-][Si](C)C.C[Si](C)[N-][Si](C)C.[Ho+3]. The van der Waals surface area contributed by atoms with Crippen LogP contribution in [0.15, 0.2) is 24.3 Å². The van der Waals surface area contributed by atoms with E-state index in [1.165, 1.54) is 5.56 Å². The molecule has 0 heterocycles. The summed E-state index contributed by atoms with van der Waals surface area (Å²) in [6, 6.07) is 9.15. The van der Waals surface area contributed by atoms with Gasteiger partial charge in [-0.15, -0.1) is 11.6 Å². The number of benzene rings is 1. The largest absolute Gasteiger partial charge is 3.00 e. The Bertz CT molecular complexity index is 827. The molecular weight excluding hydrogens is 710 g/mol. The molecular formula is C29H59HoN2Si6. The monoisotopic (exact) mass is 768 g/mol. The molecule has 0 saturated carbocycles. The van der Waals surface area contributed by atoms with Crippen LogP contribution in [0.2, 0.25) is 88.6 Å². The summed E-state index contributed by atoms with van der Waals surface area (Å²) in [7, 11) is -4.14. The van der Waals surface area contributed by atoms with E-state index in [9.17, 15) is 0 Å². The average Bonchev–Trinajstić information content (AvgIpc) is 3.06. The van der Waals surface area contributed by atoms with Crippen LogP contribution in [0.3, 0.4) is 0 Å². The maximum atomic E-state index is 4.48. The molecule has 1 unspecified atom stereocenters. The maximum absolute atomic E-state index is 4.48. The number of fused-ring (bicyclic) bond motifs is 1. The number of nitrogens with zero attached hydrogens (tertiary/aromatic N) is 2. The van der Waals surface area contributed by atoms with E-state index >= 15 is 0 Å². The quantitative estimate of drug-likeness (QED) is 0.204. The third-order valence-electron chi connectivity index (χ3n) is 7.88. The van der Waals surface area contributed by atoms with Gasteiger partial charge in [0.2, 0.25) is 0 Å². The van der Waals surface area contributed by atoms with E-state index in [-0.39, 0.29) is 73.6 Å². The molecule has 1 atom stereocenters. The zero-order chi connectivity index (χ0) is 29.6. The summed E-state index contributed by atoms with van der Waals surface area (Å²) >= 11 is 0. The molecule has 0 bridgehead atoms. The maximum Gasteiger partial charge on any atom is 3.00 e. The summed E-state index contributed by atoms with van der Waals surface area (Å²) in [6.07, 6.45) is 4.09. The Labute approximate surface area is 278 Å². The third-order valence-corrected chi connectivity index (χ3v) is 26.2. The van der Waals surface area contributed by atoms with E-state index in [0.717, 1.165) is 0 Å². The summed E-state index contributed by atoms with van der Waals surface area (Å²) < 4.78 is 8.96. The molecule has 1 aromatic rings. The topological polar surface area (TPSA) is 28.2 Å². The third kappa shape index (κ3) is 12.8. The zero-order valence-corrected chi connectivity index (χ0v) is 36.0. The fourth-order valence-corrected chi connectivity index (χ4v) is 15.9. The van der Waals surface area contributed by atoms with Crippen LogP contribution in [0.5, 0.6) is 0 Å². The first kappa shape index (κ1) is 41.6. The van der Waals surface area contributed by atoms with Gasteiger partial charge in [-0.2, -0.15) is 5.56 Å². The fourth-order valence-electron chi connectivity index (χ4n) is 4.06. The van der Waals surface area contributed by atoms with E-state index in [2.05, 4.69) is 160 Å². The van der Waals surface area contributed by atoms with Crippen LogP contribution in [0.1, 0.15) is 58.2 Å². The predicted octanol–water partition coefficient (Wildman–Crippen LogP) is 10.8. The van der Waals surface area contributed by atoms with Crippen molar-refractivity contribution >= 4 is 57.2 Å². The molecule has 0 spiro atoms. The smallest absolute Gasteiger partial charge is 0.673 e. The van der Waals surface area contributed by atoms with Gasteiger partial charge < -0.3 is 9.30 Å². The van der Waals surface area contributed by atoms with Crippen molar-refractivity contribution in [3.05, 3.63) is 50.8 Å². The molecule has 2 nitrogen and oxygen atoms in total. The van der Waals surface area contributed by atoms with Crippen molar-refractivity contribution in [2.75, 3.05) is 0 Å². The first-order valence-corrected chi connectivity index (χ1v) is 29.7. The first-order valence-electron chi connectivity index (χ1n) is 13.8. The molecule has 0 saturated heterocycles. The zero-order valence-electron chi connectivity index (χ0n) is 28.1.